The first-order valence-corrected chi connectivity index (χ1v) is 10.4. The molecule has 0 radical (unpaired) electrons. The molecule has 0 spiro atoms. The highest BCUT2D eigenvalue weighted by Gasteiger charge is 2.32. The first kappa shape index (κ1) is 20.0. The Bertz CT molecular complexity index is 1080. The topological polar surface area (TPSA) is 29.5 Å². The van der Waals surface area contributed by atoms with E-state index in [0.717, 1.165) is 40.2 Å². The van der Waals surface area contributed by atoms with Gasteiger partial charge in [-0.05, 0) is 48.2 Å². The summed E-state index contributed by atoms with van der Waals surface area (Å²) < 4.78 is 5.91. The van der Waals surface area contributed by atoms with Gasteiger partial charge < -0.3 is 9.64 Å². The van der Waals surface area contributed by atoms with Gasteiger partial charge in [0.15, 0.2) is 0 Å². The van der Waals surface area contributed by atoms with E-state index in [1.165, 1.54) is 5.56 Å². The molecule has 3 aromatic carbocycles. The molecule has 0 aliphatic carbocycles. The summed E-state index contributed by atoms with van der Waals surface area (Å²) in [6, 6.07) is 24.3. The number of benzene rings is 3. The van der Waals surface area contributed by atoms with Crippen LogP contribution < -0.4 is 9.64 Å². The van der Waals surface area contributed by atoms with Crippen molar-refractivity contribution in [1.82, 2.24) is 0 Å². The largest absolute Gasteiger partial charge is 0.489 e. The number of carbonyl (C=O) groups excluding carboxylic acids is 1. The summed E-state index contributed by atoms with van der Waals surface area (Å²) in [5, 5.41) is 0. The molecule has 3 aromatic rings. The summed E-state index contributed by atoms with van der Waals surface area (Å²) in [5.41, 5.74) is 6.12. The van der Waals surface area contributed by atoms with Gasteiger partial charge in [0.2, 0.25) is 0 Å². The summed E-state index contributed by atoms with van der Waals surface area (Å²) in [4.78, 5) is 15.0. The molecule has 1 amide bonds. The van der Waals surface area contributed by atoms with Crippen molar-refractivity contribution in [2.75, 3.05) is 11.4 Å². The molecule has 152 valence electrons. The number of para-hydroxylation sites is 1. The Morgan fingerprint density at radius 3 is 2.47 bits per heavy atom. The fourth-order valence-corrected chi connectivity index (χ4v) is 3.79. The minimum Gasteiger partial charge on any atom is -0.489 e. The van der Waals surface area contributed by atoms with E-state index in [9.17, 15) is 4.79 Å². The van der Waals surface area contributed by atoms with Crippen molar-refractivity contribution < 1.29 is 9.53 Å². The molecule has 3 nitrogen and oxygen atoms in total. The van der Waals surface area contributed by atoms with E-state index in [2.05, 4.69) is 39.0 Å². The second-order valence-electron chi connectivity index (χ2n) is 8.23. The second kappa shape index (κ2) is 8.58. The summed E-state index contributed by atoms with van der Waals surface area (Å²) >= 11 is 0. The Morgan fingerprint density at radius 2 is 1.73 bits per heavy atom. The number of ether oxygens (including phenoxy) is 1. The zero-order valence-electron chi connectivity index (χ0n) is 17.8. The number of aryl methyl sites for hydroxylation is 1. The number of amides is 1. The monoisotopic (exact) mass is 397 g/mol. The molecule has 4 rings (SSSR count). The van der Waals surface area contributed by atoms with Gasteiger partial charge in [-0.15, -0.1) is 0 Å². The second-order valence-corrected chi connectivity index (χ2v) is 8.23. The van der Waals surface area contributed by atoms with E-state index in [1.807, 2.05) is 65.6 Å². The molecule has 0 fully saturated rings. The van der Waals surface area contributed by atoms with Crippen molar-refractivity contribution in [2.24, 2.45) is 5.92 Å². The zero-order valence-corrected chi connectivity index (χ0v) is 17.8. The summed E-state index contributed by atoms with van der Waals surface area (Å²) in [6.07, 6.45) is 1.98. The van der Waals surface area contributed by atoms with Crippen LogP contribution in [0.4, 0.5) is 5.69 Å². The molecular formula is C27H27NO2. The van der Waals surface area contributed by atoms with Crippen molar-refractivity contribution >= 4 is 23.2 Å². The maximum absolute atomic E-state index is 13.1. The van der Waals surface area contributed by atoms with Crippen molar-refractivity contribution in [3.05, 3.63) is 95.1 Å². The molecule has 0 bridgehead atoms. The standard InChI is InChI=1S/C27H27NO2/c1-19(2)17-28-26-10-5-4-9-24(26)25(27(28)29)16-21-11-13-23(14-12-21)30-18-22-8-6-7-20(3)15-22/h4-16,19H,17-18H2,1-3H3/b25-16-. The maximum Gasteiger partial charge on any atom is 0.259 e. The number of hydrogen-bond donors (Lipinski definition) is 0. The van der Waals surface area contributed by atoms with E-state index < -0.39 is 0 Å². The van der Waals surface area contributed by atoms with Crippen LogP contribution in [0.5, 0.6) is 5.75 Å². The molecule has 1 aliphatic rings. The van der Waals surface area contributed by atoms with Crippen molar-refractivity contribution in [2.45, 2.75) is 27.4 Å². The third-order valence-corrected chi connectivity index (χ3v) is 5.19. The van der Waals surface area contributed by atoms with Crippen LogP contribution in [0.25, 0.3) is 11.6 Å². The van der Waals surface area contributed by atoms with E-state index in [-0.39, 0.29) is 5.91 Å². The lowest BCUT2D eigenvalue weighted by molar-refractivity contribution is -0.113. The quantitative estimate of drug-likeness (QED) is 0.469. The third-order valence-electron chi connectivity index (χ3n) is 5.19. The number of carbonyl (C=O) groups is 1. The molecule has 3 heteroatoms. The van der Waals surface area contributed by atoms with Crippen LogP contribution in [-0.4, -0.2) is 12.5 Å². The van der Waals surface area contributed by atoms with E-state index in [4.69, 9.17) is 4.74 Å². The number of anilines is 1. The number of nitrogens with zero attached hydrogens (tertiary/aromatic N) is 1. The van der Waals surface area contributed by atoms with Crippen molar-refractivity contribution in [1.29, 1.82) is 0 Å². The smallest absolute Gasteiger partial charge is 0.259 e. The van der Waals surface area contributed by atoms with Gasteiger partial charge in [-0.25, -0.2) is 0 Å². The SMILES string of the molecule is Cc1cccc(COc2ccc(/C=C3\C(=O)N(CC(C)C)c4ccccc43)cc2)c1. The Morgan fingerprint density at radius 1 is 0.967 bits per heavy atom. The van der Waals surface area contributed by atoms with Crippen molar-refractivity contribution in [3.8, 4) is 5.75 Å². The first-order valence-electron chi connectivity index (χ1n) is 10.4. The van der Waals surface area contributed by atoms with Gasteiger partial charge in [0.1, 0.15) is 12.4 Å². The average Bonchev–Trinajstić information content (AvgIpc) is 2.99. The predicted molar refractivity (Wildman–Crippen MR) is 123 cm³/mol. The fourth-order valence-electron chi connectivity index (χ4n) is 3.79. The number of fused-ring (bicyclic) bond motifs is 1. The molecule has 1 aliphatic heterocycles. The van der Waals surface area contributed by atoms with Gasteiger partial charge in [-0.2, -0.15) is 0 Å². The Hall–Kier alpha value is -3.33. The Labute approximate surface area is 178 Å². The molecule has 1 heterocycles. The lowest BCUT2D eigenvalue weighted by Crippen LogP contribution is -2.30. The summed E-state index contributed by atoms with van der Waals surface area (Å²) in [6.45, 7) is 7.60. The zero-order chi connectivity index (χ0) is 21.1. The minimum absolute atomic E-state index is 0.0738. The van der Waals surface area contributed by atoms with Crippen LogP contribution in [0.2, 0.25) is 0 Å². The predicted octanol–water partition coefficient (Wildman–Crippen LogP) is 6.12. The molecule has 0 atom stereocenters. The van der Waals surface area contributed by atoms with Crippen LogP contribution in [0, 0.1) is 12.8 Å². The van der Waals surface area contributed by atoms with Crippen LogP contribution in [0.1, 0.15) is 36.1 Å². The summed E-state index contributed by atoms with van der Waals surface area (Å²) in [7, 11) is 0. The number of rotatable bonds is 6. The molecular weight excluding hydrogens is 370 g/mol. The highest BCUT2D eigenvalue weighted by molar-refractivity contribution is 6.35. The van der Waals surface area contributed by atoms with Gasteiger partial charge >= 0.3 is 0 Å². The van der Waals surface area contributed by atoms with Gasteiger partial charge in [-0.3, -0.25) is 4.79 Å². The highest BCUT2D eigenvalue weighted by atomic mass is 16.5. The normalized spacial score (nSPS) is 14.5. The lowest BCUT2D eigenvalue weighted by atomic mass is 10.0. The van der Waals surface area contributed by atoms with Crippen LogP contribution in [0.15, 0.2) is 72.8 Å². The van der Waals surface area contributed by atoms with Crippen LogP contribution in [-0.2, 0) is 11.4 Å². The molecule has 0 saturated carbocycles. The molecule has 0 aromatic heterocycles. The summed E-state index contributed by atoms with van der Waals surface area (Å²) in [5.74, 6) is 1.30. The van der Waals surface area contributed by atoms with Crippen LogP contribution in [0.3, 0.4) is 0 Å². The van der Waals surface area contributed by atoms with E-state index in [0.29, 0.717) is 12.5 Å². The third kappa shape index (κ3) is 4.30. The molecule has 0 saturated heterocycles. The van der Waals surface area contributed by atoms with Gasteiger partial charge in [-0.1, -0.05) is 74.0 Å². The van der Waals surface area contributed by atoms with Gasteiger partial charge in [0.25, 0.3) is 5.91 Å². The molecule has 0 N–H and O–H groups in total. The minimum atomic E-state index is 0.0738. The highest BCUT2D eigenvalue weighted by Crippen LogP contribution is 2.38. The van der Waals surface area contributed by atoms with Crippen molar-refractivity contribution in [3.63, 3.8) is 0 Å². The van der Waals surface area contributed by atoms with E-state index >= 15 is 0 Å². The van der Waals surface area contributed by atoms with Crippen LogP contribution >= 0.6 is 0 Å². The first-order chi connectivity index (χ1) is 14.5. The Kier molecular flexibility index (Phi) is 5.71. The lowest BCUT2D eigenvalue weighted by Gasteiger charge is -2.19. The maximum atomic E-state index is 13.1. The molecule has 30 heavy (non-hydrogen) atoms. The Balaban J connectivity index is 1.52. The fraction of sp³-hybridized carbons (Fsp3) is 0.222. The van der Waals surface area contributed by atoms with Gasteiger partial charge in [0.05, 0.1) is 5.69 Å². The van der Waals surface area contributed by atoms with E-state index in [1.54, 1.807) is 0 Å². The van der Waals surface area contributed by atoms with Gasteiger partial charge in [0, 0.05) is 17.7 Å². The average molecular weight is 398 g/mol. The number of hydrogen-bond acceptors (Lipinski definition) is 2. The molecule has 0 unspecified atom stereocenters.